The van der Waals surface area contributed by atoms with Crippen LogP contribution < -0.4 is 15.6 Å². The van der Waals surface area contributed by atoms with Gasteiger partial charge in [-0.2, -0.15) is 0 Å². The van der Waals surface area contributed by atoms with E-state index in [9.17, 15) is 24.3 Å². The summed E-state index contributed by atoms with van der Waals surface area (Å²) in [6.45, 7) is 6.19. The fraction of sp³-hybridized carbons (Fsp3) is 0.265. The summed E-state index contributed by atoms with van der Waals surface area (Å²) in [7, 11) is 0. The molecule has 2 N–H and O–H groups in total. The van der Waals surface area contributed by atoms with Gasteiger partial charge in [-0.25, -0.2) is 9.48 Å². The molecule has 0 spiro atoms. The van der Waals surface area contributed by atoms with E-state index in [1.807, 2.05) is 30.3 Å². The molecule has 4 aromatic rings. The number of carbonyl (C=O) groups excluding carboxylic acids is 3. The van der Waals surface area contributed by atoms with Crippen LogP contribution in [0.1, 0.15) is 60.0 Å². The van der Waals surface area contributed by atoms with Gasteiger partial charge in [0.25, 0.3) is 5.56 Å². The van der Waals surface area contributed by atoms with E-state index in [0.29, 0.717) is 27.4 Å². The minimum atomic E-state index is -1.14. The Bertz CT molecular complexity index is 1750. The largest absolute Gasteiger partial charge is 0.474 e. The lowest BCUT2D eigenvalue weighted by atomic mass is 9.98. The predicted octanol–water partition coefficient (Wildman–Crippen LogP) is 5.52. The van der Waals surface area contributed by atoms with Crippen LogP contribution in [-0.2, 0) is 16.0 Å². The van der Waals surface area contributed by atoms with Crippen molar-refractivity contribution in [2.24, 2.45) is 0 Å². The van der Waals surface area contributed by atoms with Gasteiger partial charge in [-0.05, 0) is 81.3 Å². The molecular weight excluding hydrogens is 598 g/mol. The monoisotopic (exact) mass is 631 g/mol. The molecule has 0 bridgehead atoms. The van der Waals surface area contributed by atoms with E-state index in [-0.39, 0.29) is 36.9 Å². The number of aliphatic hydroxyl groups is 1. The smallest absolute Gasteiger partial charge is 0.338 e. The third-order valence-corrected chi connectivity index (χ3v) is 6.80. The van der Waals surface area contributed by atoms with Crippen molar-refractivity contribution in [1.29, 1.82) is 0 Å². The molecule has 234 valence electrons. The highest BCUT2D eigenvalue weighted by Crippen LogP contribution is 2.33. The topological polar surface area (TPSA) is 137 Å². The maximum absolute atomic E-state index is 13.8. The van der Waals surface area contributed by atoms with E-state index >= 15 is 0 Å². The van der Waals surface area contributed by atoms with Gasteiger partial charge in [0, 0.05) is 28.8 Å². The van der Waals surface area contributed by atoms with Crippen LogP contribution in [0.15, 0.2) is 83.7 Å². The Balaban J connectivity index is 1.75. The quantitative estimate of drug-likeness (QED) is 0.163. The number of aromatic nitrogens is 2. The zero-order valence-corrected chi connectivity index (χ0v) is 26.1. The van der Waals surface area contributed by atoms with E-state index in [0.717, 1.165) is 10.2 Å². The molecular formula is C34H34ClN3O7. The van der Waals surface area contributed by atoms with Crippen LogP contribution >= 0.6 is 11.6 Å². The molecule has 0 aliphatic carbocycles. The lowest BCUT2D eigenvalue weighted by Gasteiger charge is -2.21. The van der Waals surface area contributed by atoms with Crippen molar-refractivity contribution in [3.8, 4) is 17.0 Å². The number of hydrogen-bond donors (Lipinski definition) is 2. The molecule has 0 saturated carbocycles. The number of benzene rings is 3. The van der Waals surface area contributed by atoms with E-state index in [4.69, 9.17) is 21.1 Å². The molecule has 45 heavy (non-hydrogen) atoms. The first-order valence-corrected chi connectivity index (χ1v) is 14.6. The number of hydrogen-bond acceptors (Lipinski definition) is 8. The third-order valence-electron chi connectivity index (χ3n) is 6.56. The highest BCUT2D eigenvalue weighted by molar-refractivity contribution is 6.31. The average molecular weight is 632 g/mol. The van der Waals surface area contributed by atoms with Crippen molar-refractivity contribution < 1.29 is 29.0 Å². The number of rotatable bonds is 11. The lowest BCUT2D eigenvalue weighted by Crippen LogP contribution is -2.36. The molecule has 3 aromatic carbocycles. The fourth-order valence-corrected chi connectivity index (χ4v) is 4.72. The molecule has 1 heterocycles. The average Bonchev–Trinajstić information content (AvgIpc) is 2.99. The number of nitrogens with zero attached hydrogens (tertiary/aromatic N) is 2. The van der Waals surface area contributed by atoms with Crippen LogP contribution in [0.2, 0.25) is 5.02 Å². The van der Waals surface area contributed by atoms with Crippen LogP contribution in [0.25, 0.3) is 11.1 Å². The number of aliphatic hydroxyl groups excluding tert-OH is 1. The van der Waals surface area contributed by atoms with Gasteiger partial charge in [0.15, 0.2) is 5.78 Å². The second kappa shape index (κ2) is 14.3. The molecule has 1 atom stereocenters. The van der Waals surface area contributed by atoms with Crippen LogP contribution in [0.4, 0.5) is 5.69 Å². The Morgan fingerprint density at radius 3 is 2.29 bits per heavy atom. The Morgan fingerprint density at radius 1 is 0.978 bits per heavy atom. The van der Waals surface area contributed by atoms with Crippen LogP contribution in [0.5, 0.6) is 5.88 Å². The summed E-state index contributed by atoms with van der Waals surface area (Å²) in [5.41, 5.74) is 0.980. The minimum absolute atomic E-state index is 0.0685. The molecule has 0 aliphatic rings. The predicted molar refractivity (Wildman–Crippen MR) is 171 cm³/mol. The summed E-state index contributed by atoms with van der Waals surface area (Å²) in [6, 6.07) is 20.0. The van der Waals surface area contributed by atoms with Gasteiger partial charge in [0.1, 0.15) is 18.2 Å². The molecule has 1 aromatic heterocycles. The molecule has 4 rings (SSSR count). The molecule has 0 aliphatic heterocycles. The van der Waals surface area contributed by atoms with Crippen molar-refractivity contribution in [1.82, 2.24) is 9.78 Å². The number of Topliss-reactive ketones (excluding diaryl/α,β-unsaturated/α-hetero) is 1. The van der Waals surface area contributed by atoms with Gasteiger partial charge in [0.05, 0.1) is 17.7 Å². The normalized spacial score (nSPS) is 11.9. The number of anilines is 1. The fourth-order valence-electron chi connectivity index (χ4n) is 4.54. The summed E-state index contributed by atoms with van der Waals surface area (Å²) in [5.74, 6) is -1.38. The van der Waals surface area contributed by atoms with Crippen LogP contribution in [-0.4, -0.2) is 51.4 Å². The summed E-state index contributed by atoms with van der Waals surface area (Å²) in [4.78, 5) is 52.3. The summed E-state index contributed by atoms with van der Waals surface area (Å²) in [5, 5.41) is 17.1. The second-order valence-electron chi connectivity index (χ2n) is 11.2. The second-order valence-corrected chi connectivity index (χ2v) is 11.7. The van der Waals surface area contributed by atoms with Crippen molar-refractivity contribution in [3.63, 3.8) is 0 Å². The van der Waals surface area contributed by atoms with E-state index < -0.39 is 29.1 Å². The molecule has 0 radical (unpaired) electrons. The Kier molecular flexibility index (Phi) is 10.5. The molecule has 10 nitrogen and oxygen atoms in total. The zero-order chi connectivity index (χ0) is 32.7. The van der Waals surface area contributed by atoms with Gasteiger partial charge < -0.3 is 19.9 Å². The molecule has 11 heteroatoms. The number of esters is 1. The van der Waals surface area contributed by atoms with Crippen LogP contribution in [0.3, 0.4) is 0 Å². The number of nitrogens with one attached hydrogen (secondary N) is 1. The number of ether oxygens (including phenoxy) is 2. The van der Waals surface area contributed by atoms with E-state index in [1.54, 1.807) is 45.0 Å². The number of halogens is 1. The van der Waals surface area contributed by atoms with Gasteiger partial charge in [-0.1, -0.05) is 41.9 Å². The molecule has 1 amide bonds. The number of amides is 1. The van der Waals surface area contributed by atoms with Gasteiger partial charge >= 0.3 is 5.97 Å². The first-order chi connectivity index (χ1) is 21.4. The third kappa shape index (κ3) is 8.65. The van der Waals surface area contributed by atoms with Gasteiger partial charge in [-0.3, -0.25) is 14.4 Å². The maximum Gasteiger partial charge on any atom is 0.338 e. The molecule has 0 saturated heterocycles. The highest BCUT2D eigenvalue weighted by Gasteiger charge is 2.27. The van der Waals surface area contributed by atoms with Crippen LogP contribution in [0, 0.1) is 0 Å². The molecule has 1 unspecified atom stereocenters. The first-order valence-electron chi connectivity index (χ1n) is 14.2. The van der Waals surface area contributed by atoms with E-state index in [2.05, 4.69) is 10.4 Å². The Labute approximate surface area is 265 Å². The maximum atomic E-state index is 13.8. The zero-order valence-electron chi connectivity index (χ0n) is 25.4. The first kappa shape index (κ1) is 33.1. The Morgan fingerprint density at radius 2 is 1.67 bits per heavy atom. The van der Waals surface area contributed by atoms with Crippen molar-refractivity contribution >= 4 is 34.9 Å². The number of carbonyl (C=O) groups is 3. The van der Waals surface area contributed by atoms with Crippen molar-refractivity contribution in [2.75, 3.05) is 18.5 Å². The van der Waals surface area contributed by atoms with Crippen molar-refractivity contribution in [2.45, 2.75) is 45.8 Å². The summed E-state index contributed by atoms with van der Waals surface area (Å²) < 4.78 is 12.2. The van der Waals surface area contributed by atoms with Crippen molar-refractivity contribution in [3.05, 3.63) is 111 Å². The standard InChI is InChI=1S/C34H34ClN3O7/c1-21(40)26-15-12-24(35)19-27(26)28-20-30(41)38(37-32(28)44-17-16-39)29(18-22-8-6-5-7-9-22)31(42)36-25-13-10-23(11-14-25)33(43)45-34(2,3)4/h5-15,19-20,29,39H,16-18H2,1-4H3,(H,36,42). The highest BCUT2D eigenvalue weighted by atomic mass is 35.5. The van der Waals surface area contributed by atoms with E-state index in [1.165, 1.54) is 31.2 Å². The number of ketones is 1. The minimum Gasteiger partial charge on any atom is -0.474 e. The summed E-state index contributed by atoms with van der Waals surface area (Å²) in [6.07, 6.45) is 0.101. The Hall–Kier alpha value is -4.80. The van der Waals surface area contributed by atoms with Gasteiger partial charge in [0.2, 0.25) is 11.8 Å². The lowest BCUT2D eigenvalue weighted by molar-refractivity contribution is -0.119. The van der Waals surface area contributed by atoms with Gasteiger partial charge in [-0.15, -0.1) is 5.10 Å². The molecule has 0 fully saturated rings. The summed E-state index contributed by atoms with van der Waals surface area (Å²) >= 11 is 6.24. The SMILES string of the molecule is CC(=O)c1ccc(Cl)cc1-c1cc(=O)n(C(Cc2ccccc2)C(=O)Nc2ccc(C(=O)OC(C)(C)C)cc2)nc1OCCO.